The molecule has 0 saturated carbocycles. The highest BCUT2D eigenvalue weighted by molar-refractivity contribution is 6.30. The molecule has 0 spiro atoms. The van der Waals surface area contributed by atoms with Gasteiger partial charge in [-0.2, -0.15) is 0 Å². The first-order valence-electron chi connectivity index (χ1n) is 8.07. The summed E-state index contributed by atoms with van der Waals surface area (Å²) >= 11 is 5.94. The zero-order valence-corrected chi connectivity index (χ0v) is 14.6. The summed E-state index contributed by atoms with van der Waals surface area (Å²) < 4.78 is 11.5. The molecule has 0 aromatic heterocycles. The number of hydrogen-bond donors (Lipinski definition) is 1. The molecule has 3 rings (SSSR count). The van der Waals surface area contributed by atoms with Crippen LogP contribution in [0.4, 0.5) is 0 Å². The van der Waals surface area contributed by atoms with Crippen molar-refractivity contribution in [3.63, 3.8) is 0 Å². The van der Waals surface area contributed by atoms with E-state index >= 15 is 0 Å². The van der Waals surface area contributed by atoms with E-state index in [-0.39, 0.29) is 6.42 Å². The average Bonchev–Trinajstić information content (AvgIpc) is 2.63. The fourth-order valence-electron chi connectivity index (χ4n) is 2.47. The highest BCUT2D eigenvalue weighted by atomic mass is 35.5. The highest BCUT2D eigenvalue weighted by Gasteiger charge is 2.22. The lowest BCUT2D eigenvalue weighted by Crippen LogP contribution is -2.29. The van der Waals surface area contributed by atoms with Crippen molar-refractivity contribution in [1.29, 1.82) is 0 Å². The maximum absolute atomic E-state index is 11.7. The Morgan fingerprint density at radius 3 is 2.35 bits per heavy atom. The number of carbonyl (C=O) groups is 1. The van der Waals surface area contributed by atoms with Crippen molar-refractivity contribution < 1.29 is 19.4 Å². The van der Waals surface area contributed by atoms with Crippen LogP contribution in [0.5, 0.6) is 17.2 Å². The maximum atomic E-state index is 11.7. The second kappa shape index (κ2) is 8.41. The average molecular weight is 369 g/mol. The van der Waals surface area contributed by atoms with E-state index in [0.717, 1.165) is 5.56 Å². The van der Waals surface area contributed by atoms with E-state index in [1.807, 2.05) is 48.5 Å². The molecule has 1 atom stereocenters. The lowest BCUT2D eigenvalue weighted by molar-refractivity contribution is -0.145. The molecule has 0 heterocycles. The van der Waals surface area contributed by atoms with Gasteiger partial charge >= 0.3 is 5.97 Å². The van der Waals surface area contributed by atoms with Crippen LogP contribution in [-0.4, -0.2) is 17.2 Å². The third-order valence-electron chi connectivity index (χ3n) is 3.70. The molecule has 0 fully saturated rings. The minimum Gasteiger partial charge on any atom is -0.478 e. The van der Waals surface area contributed by atoms with Crippen LogP contribution in [0.1, 0.15) is 5.56 Å². The van der Waals surface area contributed by atoms with Crippen molar-refractivity contribution in [3.8, 4) is 17.2 Å². The summed E-state index contributed by atoms with van der Waals surface area (Å²) in [6.07, 6.45) is -0.904. The minimum absolute atomic E-state index is 0.158. The maximum Gasteiger partial charge on any atom is 0.345 e. The monoisotopic (exact) mass is 368 g/mol. The van der Waals surface area contributed by atoms with Crippen molar-refractivity contribution in [2.45, 2.75) is 12.5 Å². The first-order chi connectivity index (χ1) is 12.6. The SMILES string of the molecule is O=C(O)C(Cc1ccccc1Oc1ccccc1)Oc1cccc(Cl)c1. The molecule has 3 aromatic carbocycles. The number of para-hydroxylation sites is 2. The van der Waals surface area contributed by atoms with Crippen LogP contribution in [0.25, 0.3) is 0 Å². The molecule has 26 heavy (non-hydrogen) atoms. The van der Waals surface area contributed by atoms with Crippen molar-refractivity contribution >= 4 is 17.6 Å². The van der Waals surface area contributed by atoms with E-state index in [1.54, 1.807) is 30.3 Å². The standard InChI is InChI=1S/C21H17ClO4/c22-16-8-6-11-18(14-16)26-20(21(23)24)13-15-7-4-5-12-19(15)25-17-9-2-1-3-10-17/h1-12,14,20H,13H2,(H,23,24). The van der Waals surface area contributed by atoms with Crippen LogP contribution in [0.15, 0.2) is 78.9 Å². The quantitative estimate of drug-likeness (QED) is 0.622. The second-order valence-electron chi connectivity index (χ2n) is 5.63. The summed E-state index contributed by atoms with van der Waals surface area (Å²) in [5, 5.41) is 10.0. The Bertz CT molecular complexity index is 880. The molecule has 4 nitrogen and oxygen atoms in total. The van der Waals surface area contributed by atoms with Crippen LogP contribution < -0.4 is 9.47 Å². The van der Waals surface area contributed by atoms with Gasteiger partial charge in [-0.3, -0.25) is 0 Å². The van der Waals surface area contributed by atoms with E-state index in [4.69, 9.17) is 21.1 Å². The Hall–Kier alpha value is -2.98. The minimum atomic E-state index is -1.06. The summed E-state index contributed by atoms with van der Waals surface area (Å²) in [5.41, 5.74) is 0.741. The number of aliphatic carboxylic acids is 1. The largest absolute Gasteiger partial charge is 0.478 e. The molecule has 1 N–H and O–H groups in total. The third-order valence-corrected chi connectivity index (χ3v) is 3.93. The first kappa shape index (κ1) is 17.8. The Balaban J connectivity index is 1.80. The molecule has 3 aromatic rings. The molecular formula is C21H17ClO4. The van der Waals surface area contributed by atoms with Crippen molar-refractivity contribution in [3.05, 3.63) is 89.4 Å². The number of benzene rings is 3. The number of rotatable bonds is 7. The molecule has 0 bridgehead atoms. The Morgan fingerprint density at radius 1 is 0.923 bits per heavy atom. The predicted octanol–water partition coefficient (Wildman–Crippen LogP) is 5.21. The molecule has 0 aliphatic rings. The molecule has 0 radical (unpaired) electrons. The van der Waals surface area contributed by atoms with E-state index in [9.17, 15) is 9.90 Å². The number of carboxylic acid groups (broad SMARTS) is 1. The van der Waals surface area contributed by atoms with Gasteiger partial charge in [0.1, 0.15) is 17.2 Å². The highest BCUT2D eigenvalue weighted by Crippen LogP contribution is 2.27. The Morgan fingerprint density at radius 2 is 1.62 bits per heavy atom. The number of ether oxygens (including phenoxy) is 2. The summed E-state index contributed by atoms with van der Waals surface area (Å²) in [5.74, 6) is 0.632. The van der Waals surface area contributed by atoms with Crippen molar-refractivity contribution in [2.24, 2.45) is 0 Å². The molecule has 0 aliphatic heterocycles. The van der Waals surface area contributed by atoms with Crippen LogP contribution in [0, 0.1) is 0 Å². The van der Waals surface area contributed by atoms with Gasteiger partial charge in [-0.05, 0) is 42.0 Å². The molecule has 132 valence electrons. The number of halogens is 1. The van der Waals surface area contributed by atoms with Gasteiger partial charge in [0, 0.05) is 11.4 Å². The van der Waals surface area contributed by atoms with Gasteiger partial charge in [0.25, 0.3) is 0 Å². The normalized spacial score (nSPS) is 11.6. The summed E-state index contributed by atoms with van der Waals surface area (Å²) in [6, 6.07) is 23.3. The second-order valence-corrected chi connectivity index (χ2v) is 6.07. The van der Waals surface area contributed by atoms with E-state index in [2.05, 4.69) is 0 Å². The molecule has 1 unspecified atom stereocenters. The van der Waals surface area contributed by atoms with E-state index in [0.29, 0.717) is 22.3 Å². The van der Waals surface area contributed by atoms with Crippen LogP contribution in [0.2, 0.25) is 5.02 Å². The summed E-state index contributed by atoms with van der Waals surface area (Å²) in [7, 11) is 0. The molecule has 0 amide bonds. The Labute approximate surface area is 156 Å². The van der Waals surface area contributed by atoms with Gasteiger partial charge in [-0.25, -0.2) is 4.79 Å². The lowest BCUT2D eigenvalue weighted by atomic mass is 10.1. The van der Waals surface area contributed by atoms with Crippen LogP contribution in [0.3, 0.4) is 0 Å². The first-order valence-corrected chi connectivity index (χ1v) is 8.45. The van der Waals surface area contributed by atoms with Gasteiger partial charge in [-0.15, -0.1) is 0 Å². The smallest absolute Gasteiger partial charge is 0.345 e. The van der Waals surface area contributed by atoms with E-state index < -0.39 is 12.1 Å². The summed E-state index contributed by atoms with van der Waals surface area (Å²) in [4.78, 5) is 11.7. The van der Waals surface area contributed by atoms with Crippen LogP contribution in [-0.2, 0) is 11.2 Å². The summed E-state index contributed by atoms with van der Waals surface area (Å²) in [6.45, 7) is 0. The lowest BCUT2D eigenvalue weighted by Gasteiger charge is -2.17. The predicted molar refractivity (Wildman–Crippen MR) is 100 cm³/mol. The molecule has 0 saturated heterocycles. The van der Waals surface area contributed by atoms with Crippen molar-refractivity contribution in [1.82, 2.24) is 0 Å². The van der Waals surface area contributed by atoms with Crippen molar-refractivity contribution in [2.75, 3.05) is 0 Å². The topological polar surface area (TPSA) is 55.8 Å². The Kier molecular flexibility index (Phi) is 5.77. The van der Waals surface area contributed by atoms with Crippen LogP contribution >= 0.6 is 11.6 Å². The zero-order valence-electron chi connectivity index (χ0n) is 13.8. The van der Waals surface area contributed by atoms with Gasteiger partial charge < -0.3 is 14.6 Å². The fourth-order valence-corrected chi connectivity index (χ4v) is 2.65. The molecule has 0 aliphatic carbocycles. The van der Waals surface area contributed by atoms with E-state index in [1.165, 1.54) is 0 Å². The molecular weight excluding hydrogens is 352 g/mol. The molecule has 5 heteroatoms. The number of hydrogen-bond acceptors (Lipinski definition) is 3. The van der Waals surface area contributed by atoms with Gasteiger partial charge in [-0.1, -0.05) is 54.1 Å². The number of carboxylic acids is 1. The van der Waals surface area contributed by atoms with Gasteiger partial charge in [0.15, 0.2) is 6.10 Å². The van der Waals surface area contributed by atoms with Gasteiger partial charge in [0.05, 0.1) is 0 Å². The fraction of sp³-hybridized carbons (Fsp3) is 0.0952. The van der Waals surface area contributed by atoms with Gasteiger partial charge in [0.2, 0.25) is 0 Å². The third kappa shape index (κ3) is 4.77. The zero-order chi connectivity index (χ0) is 18.4.